The third-order valence-electron chi connectivity index (χ3n) is 6.50. The number of hydrogen-bond donors (Lipinski definition) is 2. The predicted molar refractivity (Wildman–Crippen MR) is 144 cm³/mol. The molecule has 1 aliphatic heterocycles. The number of nitrogens with zero attached hydrogens (tertiary/aromatic N) is 1. The van der Waals surface area contributed by atoms with Crippen LogP contribution in [0.3, 0.4) is 0 Å². The SMILES string of the molecule is N=C(c1cc(Br)cc(Br)c1O)[C@H](c1ccccc1)[C@H](c1ccccc1)N1Cc2ccccc2C1. The molecule has 34 heavy (non-hydrogen) atoms. The van der Waals surface area contributed by atoms with Gasteiger partial charge in [-0.25, -0.2) is 0 Å². The molecular formula is C29H24Br2N2O. The second-order valence-corrected chi connectivity index (χ2v) is 10.4. The van der Waals surface area contributed by atoms with Gasteiger partial charge >= 0.3 is 0 Å². The summed E-state index contributed by atoms with van der Waals surface area (Å²) < 4.78 is 1.38. The number of nitrogens with one attached hydrogen (secondary N) is 1. The van der Waals surface area contributed by atoms with Gasteiger partial charge in [-0.1, -0.05) is 101 Å². The van der Waals surface area contributed by atoms with Crippen LogP contribution in [0.15, 0.2) is 106 Å². The molecule has 4 aromatic rings. The van der Waals surface area contributed by atoms with Gasteiger partial charge in [-0.15, -0.1) is 0 Å². The molecule has 4 aromatic carbocycles. The van der Waals surface area contributed by atoms with E-state index in [2.05, 4.69) is 97.4 Å². The zero-order valence-electron chi connectivity index (χ0n) is 18.5. The maximum Gasteiger partial charge on any atom is 0.138 e. The van der Waals surface area contributed by atoms with Crippen LogP contribution < -0.4 is 0 Å². The van der Waals surface area contributed by atoms with Crippen molar-refractivity contribution in [2.24, 2.45) is 0 Å². The average molecular weight is 576 g/mol. The number of halogens is 2. The van der Waals surface area contributed by atoms with Crippen LogP contribution in [-0.4, -0.2) is 15.7 Å². The van der Waals surface area contributed by atoms with Crippen molar-refractivity contribution < 1.29 is 5.11 Å². The first-order valence-corrected chi connectivity index (χ1v) is 12.8. The fourth-order valence-corrected chi connectivity index (χ4v) is 6.15. The van der Waals surface area contributed by atoms with E-state index in [0.29, 0.717) is 15.7 Å². The molecule has 2 N–H and O–H groups in total. The van der Waals surface area contributed by atoms with Gasteiger partial charge in [0.15, 0.2) is 0 Å². The highest BCUT2D eigenvalue weighted by molar-refractivity contribution is 9.11. The first kappa shape index (κ1) is 23.0. The molecule has 0 unspecified atom stereocenters. The molecule has 0 saturated carbocycles. The molecule has 0 radical (unpaired) electrons. The van der Waals surface area contributed by atoms with Crippen LogP contribution in [-0.2, 0) is 13.1 Å². The first-order chi connectivity index (χ1) is 16.5. The molecule has 0 aromatic heterocycles. The number of aromatic hydroxyl groups is 1. The Bertz CT molecular complexity index is 1300. The Balaban J connectivity index is 1.67. The highest BCUT2D eigenvalue weighted by Gasteiger charge is 2.37. The summed E-state index contributed by atoms with van der Waals surface area (Å²) in [6.07, 6.45) is 0. The molecular weight excluding hydrogens is 552 g/mol. The van der Waals surface area contributed by atoms with Crippen LogP contribution in [0.4, 0.5) is 0 Å². The van der Waals surface area contributed by atoms with Gasteiger partial charge in [0.1, 0.15) is 5.75 Å². The summed E-state index contributed by atoms with van der Waals surface area (Å²) in [7, 11) is 0. The van der Waals surface area contributed by atoms with E-state index in [1.165, 1.54) is 11.1 Å². The lowest BCUT2D eigenvalue weighted by atomic mass is 9.80. The van der Waals surface area contributed by atoms with E-state index in [0.717, 1.165) is 28.7 Å². The Kier molecular flexibility index (Phi) is 6.68. The molecule has 0 saturated heterocycles. The van der Waals surface area contributed by atoms with Crippen LogP contribution in [0.25, 0.3) is 0 Å². The zero-order valence-corrected chi connectivity index (χ0v) is 21.6. The Morgan fingerprint density at radius 1 is 0.765 bits per heavy atom. The summed E-state index contributed by atoms with van der Waals surface area (Å²) in [4.78, 5) is 2.45. The maximum atomic E-state index is 10.9. The molecule has 0 bridgehead atoms. The highest BCUT2D eigenvalue weighted by atomic mass is 79.9. The van der Waals surface area contributed by atoms with Gasteiger partial charge in [-0.3, -0.25) is 4.90 Å². The number of fused-ring (bicyclic) bond motifs is 1. The van der Waals surface area contributed by atoms with E-state index >= 15 is 0 Å². The molecule has 5 heteroatoms. The van der Waals surface area contributed by atoms with Gasteiger partial charge in [-0.2, -0.15) is 0 Å². The third kappa shape index (κ3) is 4.48. The van der Waals surface area contributed by atoms with Crippen LogP contribution in [0.5, 0.6) is 5.75 Å². The summed E-state index contributed by atoms with van der Waals surface area (Å²) >= 11 is 6.99. The number of hydrogen-bond acceptors (Lipinski definition) is 3. The molecule has 0 fully saturated rings. The van der Waals surface area contributed by atoms with E-state index in [9.17, 15) is 10.5 Å². The Morgan fingerprint density at radius 2 is 1.29 bits per heavy atom. The monoisotopic (exact) mass is 574 g/mol. The standard InChI is InChI=1S/C29H24Br2N2O/c30-23-15-24(29(34)25(31)16-23)27(32)26(19-9-3-1-4-10-19)28(20-11-5-2-6-12-20)33-17-21-13-7-8-14-22(21)18-33/h1-16,26,28,32,34H,17-18H2/t26-,28-/m0/s1. The van der Waals surface area contributed by atoms with Crippen molar-refractivity contribution in [3.63, 3.8) is 0 Å². The minimum atomic E-state index is -0.287. The predicted octanol–water partition coefficient (Wildman–Crippen LogP) is 7.83. The molecule has 170 valence electrons. The summed E-state index contributed by atoms with van der Waals surface area (Å²) in [5.74, 6) is -0.198. The molecule has 2 atom stereocenters. The smallest absolute Gasteiger partial charge is 0.138 e. The average Bonchev–Trinajstić information content (AvgIpc) is 3.29. The van der Waals surface area contributed by atoms with Crippen molar-refractivity contribution in [2.75, 3.05) is 0 Å². The van der Waals surface area contributed by atoms with Crippen molar-refractivity contribution in [3.8, 4) is 5.75 Å². The molecule has 0 amide bonds. The van der Waals surface area contributed by atoms with Crippen LogP contribution in [0.2, 0.25) is 0 Å². The van der Waals surface area contributed by atoms with Gasteiger partial charge in [0.05, 0.1) is 10.2 Å². The topological polar surface area (TPSA) is 47.3 Å². The van der Waals surface area contributed by atoms with E-state index < -0.39 is 0 Å². The van der Waals surface area contributed by atoms with Gasteiger partial charge < -0.3 is 10.5 Å². The Morgan fingerprint density at radius 3 is 1.88 bits per heavy atom. The number of rotatable bonds is 6. The number of benzene rings is 4. The minimum Gasteiger partial charge on any atom is -0.506 e. The minimum absolute atomic E-state index is 0.0827. The van der Waals surface area contributed by atoms with Crippen molar-refractivity contribution in [1.82, 2.24) is 4.90 Å². The van der Waals surface area contributed by atoms with Crippen molar-refractivity contribution >= 4 is 37.6 Å². The van der Waals surface area contributed by atoms with Crippen LogP contribution >= 0.6 is 31.9 Å². The van der Waals surface area contributed by atoms with E-state index in [4.69, 9.17) is 0 Å². The summed E-state index contributed by atoms with van der Waals surface area (Å²) in [5, 5.41) is 20.4. The second-order valence-electron chi connectivity index (χ2n) is 8.62. The third-order valence-corrected chi connectivity index (χ3v) is 7.57. The molecule has 0 spiro atoms. The first-order valence-electron chi connectivity index (χ1n) is 11.2. The molecule has 3 nitrogen and oxygen atoms in total. The maximum absolute atomic E-state index is 10.9. The van der Waals surface area contributed by atoms with E-state index in [-0.39, 0.29) is 17.7 Å². The van der Waals surface area contributed by atoms with Crippen molar-refractivity contribution in [1.29, 1.82) is 5.41 Å². The fraction of sp³-hybridized carbons (Fsp3) is 0.138. The number of phenolic OH excluding ortho intramolecular Hbond substituents is 1. The van der Waals surface area contributed by atoms with Crippen molar-refractivity contribution in [3.05, 3.63) is 134 Å². The second kappa shape index (κ2) is 9.87. The van der Waals surface area contributed by atoms with Gasteiger partial charge in [0, 0.05) is 35.1 Å². The van der Waals surface area contributed by atoms with Crippen molar-refractivity contribution in [2.45, 2.75) is 25.0 Å². The zero-order chi connectivity index (χ0) is 23.7. The van der Waals surface area contributed by atoms with Gasteiger partial charge in [0.2, 0.25) is 0 Å². The Labute approximate surface area is 216 Å². The quantitative estimate of drug-likeness (QED) is 0.230. The summed E-state index contributed by atoms with van der Waals surface area (Å²) in [6, 6.07) is 32.8. The normalized spacial score (nSPS) is 15.0. The highest BCUT2D eigenvalue weighted by Crippen LogP contribution is 2.44. The molecule has 0 aliphatic carbocycles. The van der Waals surface area contributed by atoms with Crippen LogP contribution in [0.1, 0.15) is 39.8 Å². The lowest BCUT2D eigenvalue weighted by molar-refractivity contribution is 0.190. The van der Waals surface area contributed by atoms with E-state index in [1.807, 2.05) is 30.3 Å². The lowest BCUT2D eigenvalue weighted by Gasteiger charge is -2.36. The lowest BCUT2D eigenvalue weighted by Crippen LogP contribution is -2.33. The van der Waals surface area contributed by atoms with Gasteiger partial charge in [-0.05, 0) is 50.3 Å². The van der Waals surface area contributed by atoms with Gasteiger partial charge in [0.25, 0.3) is 0 Å². The van der Waals surface area contributed by atoms with E-state index in [1.54, 1.807) is 6.07 Å². The molecule has 1 aliphatic rings. The molecule has 1 heterocycles. The number of phenols is 1. The molecule has 5 rings (SSSR count). The summed E-state index contributed by atoms with van der Waals surface area (Å²) in [6.45, 7) is 1.64. The Hall–Kier alpha value is -2.73. The van der Waals surface area contributed by atoms with Crippen LogP contribution in [0, 0.1) is 5.41 Å². The summed E-state index contributed by atoms with van der Waals surface area (Å²) in [5.41, 5.74) is 5.77. The largest absolute Gasteiger partial charge is 0.506 e. The fourth-order valence-electron chi connectivity index (χ4n) is 4.93.